The van der Waals surface area contributed by atoms with Crippen LogP contribution in [-0.4, -0.2) is 23.0 Å². The summed E-state index contributed by atoms with van der Waals surface area (Å²) in [5.41, 5.74) is 5.97. The van der Waals surface area contributed by atoms with Crippen LogP contribution in [0.5, 0.6) is 11.5 Å². The quantitative estimate of drug-likeness (QED) is 0.483. The van der Waals surface area contributed by atoms with Crippen molar-refractivity contribution in [3.63, 3.8) is 0 Å². The van der Waals surface area contributed by atoms with Crippen LogP contribution in [0.15, 0.2) is 54.6 Å². The van der Waals surface area contributed by atoms with Gasteiger partial charge in [0, 0.05) is 13.1 Å². The third-order valence-electron chi connectivity index (χ3n) is 4.97. The number of benzene rings is 3. The third kappa shape index (κ3) is 5.94. The highest BCUT2D eigenvalue weighted by atomic mass is 31.2. The van der Waals surface area contributed by atoms with Crippen LogP contribution in [-0.2, 0) is 17.4 Å². The second-order valence-corrected chi connectivity index (χ2v) is 10.2. The topological polar surface area (TPSA) is 66.8 Å². The van der Waals surface area contributed by atoms with Crippen molar-refractivity contribution in [3.05, 3.63) is 93.8 Å². The van der Waals surface area contributed by atoms with E-state index >= 15 is 0 Å². The van der Waals surface area contributed by atoms with Gasteiger partial charge in [-0.3, -0.25) is 4.57 Å². The van der Waals surface area contributed by atoms with Crippen LogP contribution in [0.3, 0.4) is 0 Å². The minimum absolute atomic E-state index is 0.212. The average molecular weight is 428 g/mol. The van der Waals surface area contributed by atoms with Gasteiger partial charge >= 0.3 is 0 Å². The van der Waals surface area contributed by atoms with Gasteiger partial charge < -0.3 is 14.7 Å². The third-order valence-corrected chi connectivity index (χ3v) is 5.58. The molecule has 1 atom stereocenters. The van der Waals surface area contributed by atoms with E-state index in [4.69, 9.17) is 4.74 Å². The first-order valence-corrected chi connectivity index (χ1v) is 12.0. The van der Waals surface area contributed by atoms with Crippen molar-refractivity contribution >= 4 is 7.37 Å². The van der Waals surface area contributed by atoms with Crippen LogP contribution in [0.4, 0.5) is 4.39 Å². The molecule has 0 amide bonds. The summed E-state index contributed by atoms with van der Waals surface area (Å²) in [4.78, 5) is 9.43. The molecule has 30 heavy (non-hydrogen) atoms. The summed E-state index contributed by atoms with van der Waals surface area (Å²) in [6, 6.07) is 15.6. The molecule has 6 heteroatoms. The zero-order valence-electron chi connectivity index (χ0n) is 17.4. The Kier molecular flexibility index (Phi) is 6.64. The van der Waals surface area contributed by atoms with E-state index < -0.39 is 7.37 Å². The Hall–Kier alpha value is -2.62. The molecule has 1 unspecified atom stereocenters. The van der Waals surface area contributed by atoms with Crippen molar-refractivity contribution in [1.82, 2.24) is 0 Å². The number of aryl methyl sites for hydroxylation is 2. The molecule has 0 radical (unpaired) electrons. The number of ether oxygens (including phenoxy) is 1. The smallest absolute Gasteiger partial charge is 0.233 e. The molecular formula is C24H26FO4P. The number of halogens is 1. The SMILES string of the molecule is Cc1cc(OCP(C)(=O)O)cc(C)c1Cc1ccc(O)c(Cc2ccc(F)cc2)c1. The lowest BCUT2D eigenvalue weighted by molar-refractivity contribution is 0.352. The maximum Gasteiger partial charge on any atom is 0.233 e. The Morgan fingerprint density at radius 3 is 2.13 bits per heavy atom. The van der Waals surface area contributed by atoms with Gasteiger partial charge in [-0.1, -0.05) is 24.3 Å². The maximum atomic E-state index is 13.1. The molecular weight excluding hydrogens is 402 g/mol. The van der Waals surface area contributed by atoms with Crippen molar-refractivity contribution < 1.29 is 23.7 Å². The minimum Gasteiger partial charge on any atom is -0.508 e. The first kappa shape index (κ1) is 22.1. The molecule has 0 aliphatic carbocycles. The lowest BCUT2D eigenvalue weighted by Gasteiger charge is -2.15. The number of phenols is 1. The Balaban J connectivity index is 1.80. The summed E-state index contributed by atoms with van der Waals surface area (Å²) in [5.74, 6) is 0.511. The fraction of sp³-hybridized carbons (Fsp3) is 0.250. The van der Waals surface area contributed by atoms with Gasteiger partial charge in [-0.05, 0) is 84.0 Å². The summed E-state index contributed by atoms with van der Waals surface area (Å²) < 4.78 is 30.1. The van der Waals surface area contributed by atoms with Gasteiger partial charge in [0.05, 0.1) is 0 Å². The molecule has 0 spiro atoms. The fourth-order valence-corrected chi connectivity index (χ4v) is 3.82. The van der Waals surface area contributed by atoms with Crippen LogP contribution in [0.2, 0.25) is 0 Å². The Morgan fingerprint density at radius 2 is 1.53 bits per heavy atom. The fourth-order valence-electron chi connectivity index (χ4n) is 3.43. The van der Waals surface area contributed by atoms with Gasteiger partial charge in [0.2, 0.25) is 7.37 Å². The first-order chi connectivity index (χ1) is 14.1. The molecule has 0 heterocycles. The number of aromatic hydroxyl groups is 1. The molecule has 158 valence electrons. The van der Waals surface area contributed by atoms with Crippen molar-refractivity contribution in [1.29, 1.82) is 0 Å². The highest BCUT2D eigenvalue weighted by molar-refractivity contribution is 7.56. The molecule has 0 saturated heterocycles. The highest BCUT2D eigenvalue weighted by Gasteiger charge is 2.13. The predicted octanol–water partition coefficient (Wildman–Crippen LogP) is 5.57. The normalized spacial score (nSPS) is 13.1. The second kappa shape index (κ2) is 9.03. The maximum absolute atomic E-state index is 13.1. The monoisotopic (exact) mass is 428 g/mol. The Bertz CT molecular complexity index is 1060. The second-order valence-electron chi connectivity index (χ2n) is 7.80. The number of hydrogen-bond acceptors (Lipinski definition) is 3. The molecule has 0 aromatic heterocycles. The predicted molar refractivity (Wildman–Crippen MR) is 117 cm³/mol. The first-order valence-electron chi connectivity index (χ1n) is 9.68. The van der Waals surface area contributed by atoms with E-state index in [9.17, 15) is 19.0 Å². The zero-order chi connectivity index (χ0) is 21.9. The number of hydrogen-bond donors (Lipinski definition) is 2. The van der Waals surface area contributed by atoms with Crippen molar-refractivity contribution in [2.24, 2.45) is 0 Å². The van der Waals surface area contributed by atoms with Gasteiger partial charge in [0.1, 0.15) is 17.3 Å². The van der Waals surface area contributed by atoms with Gasteiger partial charge in [0.25, 0.3) is 0 Å². The largest absolute Gasteiger partial charge is 0.508 e. The molecule has 2 N–H and O–H groups in total. The molecule has 0 bridgehead atoms. The van der Waals surface area contributed by atoms with E-state index in [1.54, 1.807) is 18.2 Å². The molecule has 3 aromatic rings. The van der Waals surface area contributed by atoms with Crippen LogP contribution >= 0.6 is 7.37 Å². The molecule has 3 rings (SSSR count). The van der Waals surface area contributed by atoms with Crippen LogP contribution in [0.1, 0.15) is 33.4 Å². The van der Waals surface area contributed by atoms with Crippen molar-refractivity contribution in [2.75, 3.05) is 13.0 Å². The molecule has 3 aromatic carbocycles. The minimum atomic E-state index is -3.24. The molecule has 0 saturated carbocycles. The van der Waals surface area contributed by atoms with Gasteiger partial charge in [-0.25, -0.2) is 4.39 Å². The van der Waals surface area contributed by atoms with E-state index in [2.05, 4.69) is 0 Å². The van der Waals surface area contributed by atoms with Crippen LogP contribution < -0.4 is 4.74 Å². The average Bonchev–Trinajstić information content (AvgIpc) is 2.66. The highest BCUT2D eigenvalue weighted by Crippen LogP contribution is 2.36. The summed E-state index contributed by atoms with van der Waals surface area (Å²) in [6.45, 7) is 5.24. The lowest BCUT2D eigenvalue weighted by atomic mass is 9.93. The van der Waals surface area contributed by atoms with Crippen LogP contribution in [0, 0.1) is 19.7 Å². The molecule has 0 aliphatic rings. The van der Waals surface area contributed by atoms with E-state index in [-0.39, 0.29) is 17.9 Å². The lowest BCUT2D eigenvalue weighted by Crippen LogP contribution is -2.01. The van der Waals surface area contributed by atoms with Gasteiger partial charge in [-0.2, -0.15) is 0 Å². The standard InChI is InChI=1S/C24H26FO4P/c1-16-10-22(29-15-30(3,27)28)11-17(2)23(16)14-19-6-9-24(26)20(13-19)12-18-4-7-21(25)8-5-18/h4-11,13,26H,12,14-15H2,1-3H3,(H,27,28). The number of rotatable bonds is 7. The van der Waals surface area contributed by atoms with Gasteiger partial charge in [0.15, 0.2) is 6.35 Å². The van der Waals surface area contributed by atoms with E-state index in [0.29, 0.717) is 18.6 Å². The van der Waals surface area contributed by atoms with Gasteiger partial charge in [-0.15, -0.1) is 0 Å². The summed E-state index contributed by atoms with van der Waals surface area (Å²) in [7, 11) is -3.24. The van der Waals surface area contributed by atoms with Crippen molar-refractivity contribution in [2.45, 2.75) is 26.7 Å². The summed E-state index contributed by atoms with van der Waals surface area (Å²) in [5, 5.41) is 10.3. The molecule has 0 fully saturated rings. The van der Waals surface area contributed by atoms with Crippen LogP contribution in [0.25, 0.3) is 0 Å². The summed E-state index contributed by atoms with van der Waals surface area (Å²) in [6.07, 6.45) is 0.986. The Morgan fingerprint density at radius 1 is 0.933 bits per heavy atom. The zero-order valence-corrected chi connectivity index (χ0v) is 18.2. The Labute approximate surface area is 176 Å². The van der Waals surface area contributed by atoms with E-state index in [1.165, 1.54) is 18.8 Å². The van der Waals surface area contributed by atoms with Crippen molar-refractivity contribution in [3.8, 4) is 11.5 Å². The molecule has 0 aliphatic heterocycles. The van der Waals surface area contributed by atoms with E-state index in [0.717, 1.165) is 33.4 Å². The number of phenolic OH excluding ortho intramolecular Hbond substituents is 1. The summed E-state index contributed by atoms with van der Waals surface area (Å²) >= 11 is 0. The molecule has 4 nitrogen and oxygen atoms in total. The van der Waals surface area contributed by atoms with E-state index in [1.807, 2.05) is 38.1 Å².